The second kappa shape index (κ2) is 7.23. The van der Waals surface area contributed by atoms with E-state index in [0.717, 1.165) is 10.7 Å². The average Bonchev–Trinajstić information content (AvgIpc) is 3.21. The molecule has 25 heavy (non-hydrogen) atoms. The van der Waals surface area contributed by atoms with Crippen LogP contribution in [-0.2, 0) is 11.8 Å². The molecule has 1 aromatic carbocycles. The lowest BCUT2D eigenvalue weighted by atomic mass is 10.1. The number of aryl methyl sites for hydroxylation is 2. The second-order valence-electron chi connectivity index (χ2n) is 5.38. The highest BCUT2D eigenvalue weighted by atomic mass is 32.1. The van der Waals surface area contributed by atoms with E-state index in [9.17, 15) is 9.59 Å². The number of imidazole rings is 1. The van der Waals surface area contributed by atoms with Gasteiger partial charge in [-0.1, -0.05) is 0 Å². The highest BCUT2D eigenvalue weighted by molar-refractivity contribution is 7.09. The molecule has 2 heterocycles. The van der Waals surface area contributed by atoms with Crippen LogP contribution in [0, 0.1) is 6.92 Å². The fraction of sp³-hybridized carbons (Fsp3) is 0.111. The zero-order valence-corrected chi connectivity index (χ0v) is 14.6. The molecule has 6 nitrogen and oxygen atoms in total. The van der Waals surface area contributed by atoms with E-state index in [2.05, 4.69) is 15.3 Å². The lowest BCUT2D eigenvalue weighted by Crippen LogP contribution is -2.10. The van der Waals surface area contributed by atoms with E-state index in [1.807, 2.05) is 12.3 Å². The van der Waals surface area contributed by atoms with Gasteiger partial charge in [0.2, 0.25) is 11.7 Å². The SMILES string of the molecule is Cc1nc(/C=C/C(=O)Nc2ccc(C(=O)c3nccn3C)cc2)cs1. The quantitative estimate of drug-likeness (QED) is 0.565. The maximum absolute atomic E-state index is 12.3. The molecule has 3 aromatic rings. The van der Waals surface area contributed by atoms with Crippen LogP contribution in [0.5, 0.6) is 0 Å². The number of rotatable bonds is 5. The Kier molecular flexibility index (Phi) is 4.85. The molecule has 0 saturated carbocycles. The van der Waals surface area contributed by atoms with E-state index in [1.54, 1.807) is 54.3 Å². The molecular formula is C18H16N4O2S. The summed E-state index contributed by atoms with van der Waals surface area (Å²) in [5.41, 5.74) is 1.88. The first-order chi connectivity index (χ1) is 12.0. The van der Waals surface area contributed by atoms with Crippen molar-refractivity contribution < 1.29 is 9.59 Å². The third-order valence-corrected chi connectivity index (χ3v) is 4.27. The number of hydrogen-bond donors (Lipinski definition) is 1. The normalized spacial score (nSPS) is 11.0. The molecular weight excluding hydrogens is 336 g/mol. The van der Waals surface area contributed by atoms with Gasteiger partial charge in [0.25, 0.3) is 0 Å². The maximum atomic E-state index is 12.3. The number of amides is 1. The van der Waals surface area contributed by atoms with Gasteiger partial charge in [-0.05, 0) is 37.3 Å². The lowest BCUT2D eigenvalue weighted by molar-refractivity contribution is -0.111. The molecule has 0 spiro atoms. The first-order valence-electron chi connectivity index (χ1n) is 7.56. The Bertz CT molecular complexity index is 938. The van der Waals surface area contributed by atoms with Gasteiger partial charge in [0.05, 0.1) is 10.7 Å². The van der Waals surface area contributed by atoms with Gasteiger partial charge < -0.3 is 9.88 Å². The van der Waals surface area contributed by atoms with E-state index in [-0.39, 0.29) is 11.7 Å². The molecule has 0 fully saturated rings. The van der Waals surface area contributed by atoms with E-state index in [4.69, 9.17) is 0 Å². The Morgan fingerprint density at radius 2 is 2.00 bits per heavy atom. The minimum Gasteiger partial charge on any atom is -0.331 e. The van der Waals surface area contributed by atoms with Gasteiger partial charge in [-0.25, -0.2) is 9.97 Å². The summed E-state index contributed by atoms with van der Waals surface area (Å²) in [6.45, 7) is 1.91. The molecule has 126 valence electrons. The molecule has 3 rings (SSSR count). The molecule has 1 amide bonds. The molecule has 2 aromatic heterocycles. The van der Waals surface area contributed by atoms with Crippen molar-refractivity contribution in [1.29, 1.82) is 0 Å². The fourth-order valence-electron chi connectivity index (χ4n) is 2.22. The van der Waals surface area contributed by atoms with Crippen molar-refractivity contribution >= 4 is 34.8 Å². The van der Waals surface area contributed by atoms with Crippen molar-refractivity contribution in [3.05, 3.63) is 70.2 Å². The van der Waals surface area contributed by atoms with Crippen LogP contribution in [0.1, 0.15) is 26.9 Å². The van der Waals surface area contributed by atoms with Crippen LogP contribution in [-0.4, -0.2) is 26.2 Å². The second-order valence-corrected chi connectivity index (χ2v) is 6.44. The molecule has 0 atom stereocenters. The summed E-state index contributed by atoms with van der Waals surface area (Å²) in [4.78, 5) is 32.6. The van der Waals surface area contributed by atoms with Gasteiger partial charge in [-0.15, -0.1) is 11.3 Å². The first kappa shape index (κ1) is 16.8. The van der Waals surface area contributed by atoms with Crippen LogP contribution in [0.15, 0.2) is 48.1 Å². The molecule has 7 heteroatoms. The Balaban J connectivity index is 1.64. The van der Waals surface area contributed by atoms with Gasteiger partial charge in [0, 0.05) is 42.1 Å². The van der Waals surface area contributed by atoms with Crippen molar-refractivity contribution in [1.82, 2.24) is 14.5 Å². The fourth-order valence-corrected chi connectivity index (χ4v) is 2.80. The number of benzene rings is 1. The minimum absolute atomic E-state index is 0.163. The molecule has 0 aliphatic rings. The molecule has 0 radical (unpaired) electrons. The first-order valence-corrected chi connectivity index (χ1v) is 8.44. The number of carbonyl (C=O) groups is 2. The number of thiazole rings is 1. The zero-order chi connectivity index (χ0) is 17.8. The van der Waals surface area contributed by atoms with Crippen LogP contribution in [0.3, 0.4) is 0 Å². The van der Waals surface area contributed by atoms with E-state index in [0.29, 0.717) is 17.1 Å². The summed E-state index contributed by atoms with van der Waals surface area (Å²) < 4.78 is 1.67. The molecule has 0 saturated heterocycles. The van der Waals surface area contributed by atoms with E-state index in [1.165, 1.54) is 17.4 Å². The topological polar surface area (TPSA) is 76.9 Å². The van der Waals surface area contributed by atoms with Gasteiger partial charge in [-0.3, -0.25) is 9.59 Å². The predicted octanol–water partition coefficient (Wildman–Crippen LogP) is 3.07. The van der Waals surface area contributed by atoms with Crippen LogP contribution in [0.4, 0.5) is 5.69 Å². The van der Waals surface area contributed by atoms with Gasteiger partial charge >= 0.3 is 0 Å². The number of carbonyl (C=O) groups excluding carboxylic acids is 2. The lowest BCUT2D eigenvalue weighted by Gasteiger charge is -2.04. The molecule has 0 aliphatic heterocycles. The monoisotopic (exact) mass is 352 g/mol. The Morgan fingerprint density at radius 1 is 1.24 bits per heavy atom. The summed E-state index contributed by atoms with van der Waals surface area (Å²) in [6.07, 6.45) is 6.40. The van der Waals surface area contributed by atoms with Crippen molar-refractivity contribution in [2.24, 2.45) is 7.05 Å². The zero-order valence-electron chi connectivity index (χ0n) is 13.8. The van der Waals surface area contributed by atoms with Crippen LogP contribution < -0.4 is 5.32 Å². The predicted molar refractivity (Wildman–Crippen MR) is 97.6 cm³/mol. The number of nitrogens with one attached hydrogen (secondary N) is 1. The van der Waals surface area contributed by atoms with E-state index >= 15 is 0 Å². The number of nitrogens with zero attached hydrogens (tertiary/aromatic N) is 3. The summed E-state index contributed by atoms with van der Waals surface area (Å²) >= 11 is 1.53. The highest BCUT2D eigenvalue weighted by Crippen LogP contribution is 2.13. The molecule has 1 N–H and O–H groups in total. The average molecular weight is 352 g/mol. The summed E-state index contributed by atoms with van der Waals surface area (Å²) in [5.74, 6) is -0.0451. The molecule has 0 unspecified atom stereocenters. The van der Waals surface area contributed by atoms with Crippen LogP contribution >= 0.6 is 11.3 Å². The third kappa shape index (κ3) is 4.07. The minimum atomic E-state index is -0.256. The van der Waals surface area contributed by atoms with Crippen LogP contribution in [0.2, 0.25) is 0 Å². The highest BCUT2D eigenvalue weighted by Gasteiger charge is 2.13. The van der Waals surface area contributed by atoms with Crippen molar-refractivity contribution in [3.63, 3.8) is 0 Å². The summed E-state index contributed by atoms with van der Waals surface area (Å²) in [6, 6.07) is 6.71. The summed E-state index contributed by atoms with van der Waals surface area (Å²) in [5, 5.41) is 5.59. The Labute approximate surface area is 148 Å². The van der Waals surface area contributed by atoms with E-state index < -0.39 is 0 Å². The number of ketones is 1. The van der Waals surface area contributed by atoms with Crippen LogP contribution in [0.25, 0.3) is 6.08 Å². The number of anilines is 1. The largest absolute Gasteiger partial charge is 0.331 e. The Morgan fingerprint density at radius 3 is 2.60 bits per heavy atom. The third-order valence-electron chi connectivity index (χ3n) is 3.48. The standard InChI is InChI=1S/C18H16N4O2S/c1-12-20-15(11-25-12)7-8-16(23)21-14-5-3-13(4-6-14)17(24)18-19-9-10-22(18)2/h3-11H,1-2H3,(H,21,23)/b8-7+. The molecule has 0 aliphatic carbocycles. The summed E-state index contributed by atoms with van der Waals surface area (Å²) in [7, 11) is 1.77. The molecule has 0 bridgehead atoms. The van der Waals surface area contributed by atoms with Crippen molar-refractivity contribution in [2.45, 2.75) is 6.92 Å². The maximum Gasteiger partial charge on any atom is 0.248 e. The van der Waals surface area contributed by atoms with Gasteiger partial charge in [-0.2, -0.15) is 0 Å². The van der Waals surface area contributed by atoms with Crippen molar-refractivity contribution in [2.75, 3.05) is 5.32 Å². The number of hydrogen-bond acceptors (Lipinski definition) is 5. The number of aromatic nitrogens is 3. The van der Waals surface area contributed by atoms with Gasteiger partial charge in [0.1, 0.15) is 0 Å². The smallest absolute Gasteiger partial charge is 0.248 e. The van der Waals surface area contributed by atoms with Crippen molar-refractivity contribution in [3.8, 4) is 0 Å². The van der Waals surface area contributed by atoms with Gasteiger partial charge in [0.15, 0.2) is 5.82 Å². The Hall–Kier alpha value is -3.06.